The van der Waals surface area contributed by atoms with Crippen molar-refractivity contribution < 1.29 is 23.9 Å². The molecule has 0 aliphatic carbocycles. The van der Waals surface area contributed by atoms with E-state index in [1.165, 1.54) is 6.07 Å². The molecule has 4 aliphatic rings. The molecule has 0 spiro atoms. The standard InChI is InChI=1S/C38H48N6O6/c1-25-23-29(24-28-7-8-33(45)40-34(25)28)26(2)35(36(46)42-19-17-41(18-20-42)30-12-21-49-22-13-30)50-38(48)43-14-10-31(11-15-43)44-16-9-27-5-3-4-6-32(27)39-37(44)47/h3-8,23-24,26,30-31,35H,9-22H2,1-2H3,(H,39,47)(H,40,45)/t26-,35?/m1/s1. The molecule has 3 fully saturated rings. The number of hydrogen-bond donors (Lipinski definition) is 2. The SMILES string of the molecule is Cc1cc([C@@H](C)C(OC(=O)N2CCC(N3CCc4ccccc4NC3=O)CC2)C(=O)N2CCN(C3CCOCC3)CC2)cc2ccc(=O)[nH]c12. The Morgan fingerprint density at radius 1 is 0.860 bits per heavy atom. The van der Waals surface area contributed by atoms with Crippen molar-refractivity contribution in [2.75, 3.05) is 64.3 Å². The number of benzene rings is 2. The van der Waals surface area contributed by atoms with Gasteiger partial charge in [-0.15, -0.1) is 0 Å². The Kier molecular flexibility index (Phi) is 10.1. The molecular weight excluding hydrogens is 636 g/mol. The summed E-state index contributed by atoms with van der Waals surface area (Å²) in [6.07, 6.45) is 2.50. The second-order valence-electron chi connectivity index (χ2n) is 14.2. The first-order valence-electron chi connectivity index (χ1n) is 18.1. The summed E-state index contributed by atoms with van der Waals surface area (Å²) in [5.74, 6) is -0.623. The van der Waals surface area contributed by atoms with Crippen LogP contribution in [0.5, 0.6) is 0 Å². The van der Waals surface area contributed by atoms with Crippen LogP contribution >= 0.6 is 0 Å². The molecule has 50 heavy (non-hydrogen) atoms. The van der Waals surface area contributed by atoms with Crippen LogP contribution in [-0.2, 0) is 20.7 Å². The second kappa shape index (κ2) is 14.8. The number of likely N-dealkylation sites (tertiary alicyclic amines) is 1. The number of fused-ring (bicyclic) bond motifs is 2. The number of carbonyl (C=O) groups excluding carboxylic acids is 3. The van der Waals surface area contributed by atoms with Crippen molar-refractivity contribution in [3.8, 4) is 0 Å². The molecule has 266 valence electrons. The van der Waals surface area contributed by atoms with Gasteiger partial charge in [-0.25, -0.2) is 9.59 Å². The lowest BCUT2D eigenvalue weighted by atomic mass is 9.91. The zero-order chi connectivity index (χ0) is 34.8. The van der Waals surface area contributed by atoms with E-state index in [0.717, 1.165) is 78.8 Å². The smallest absolute Gasteiger partial charge is 0.410 e. The van der Waals surface area contributed by atoms with E-state index in [2.05, 4.69) is 15.2 Å². The predicted molar refractivity (Wildman–Crippen MR) is 190 cm³/mol. The quantitative estimate of drug-likeness (QED) is 0.396. The van der Waals surface area contributed by atoms with E-state index in [-0.39, 0.29) is 23.5 Å². The van der Waals surface area contributed by atoms with Crippen molar-refractivity contribution in [3.63, 3.8) is 0 Å². The summed E-state index contributed by atoms with van der Waals surface area (Å²) < 4.78 is 11.8. The lowest BCUT2D eigenvalue weighted by molar-refractivity contribution is -0.144. The van der Waals surface area contributed by atoms with Gasteiger partial charge < -0.3 is 34.5 Å². The fourth-order valence-corrected chi connectivity index (χ4v) is 8.10. The molecule has 2 aromatic carbocycles. The Labute approximate surface area is 292 Å². The van der Waals surface area contributed by atoms with Gasteiger partial charge in [0, 0.05) is 88.8 Å². The van der Waals surface area contributed by atoms with Gasteiger partial charge in [0.25, 0.3) is 5.91 Å². The van der Waals surface area contributed by atoms with E-state index >= 15 is 0 Å². The number of pyridine rings is 1. The van der Waals surface area contributed by atoms with Gasteiger partial charge >= 0.3 is 12.1 Å². The summed E-state index contributed by atoms with van der Waals surface area (Å²) in [7, 11) is 0. The van der Waals surface area contributed by atoms with Gasteiger partial charge in [-0.05, 0) is 79.3 Å². The number of hydrogen-bond acceptors (Lipinski definition) is 7. The van der Waals surface area contributed by atoms with E-state index in [1.54, 1.807) is 11.0 Å². The number of anilines is 1. The summed E-state index contributed by atoms with van der Waals surface area (Å²) in [6, 6.07) is 15.5. The summed E-state index contributed by atoms with van der Waals surface area (Å²) in [5.41, 5.74) is 4.30. The van der Waals surface area contributed by atoms with Crippen molar-refractivity contribution in [1.82, 2.24) is 24.6 Å². The van der Waals surface area contributed by atoms with Crippen molar-refractivity contribution >= 4 is 34.6 Å². The fourth-order valence-electron chi connectivity index (χ4n) is 8.10. The monoisotopic (exact) mass is 684 g/mol. The normalized spacial score (nSPS) is 20.9. The number of ether oxygens (including phenoxy) is 2. The van der Waals surface area contributed by atoms with E-state index in [9.17, 15) is 19.2 Å². The van der Waals surface area contributed by atoms with Crippen LogP contribution in [0.1, 0.15) is 55.2 Å². The third-order valence-corrected chi connectivity index (χ3v) is 11.1. The number of rotatable bonds is 6. The van der Waals surface area contributed by atoms with Gasteiger partial charge in [-0.1, -0.05) is 31.2 Å². The van der Waals surface area contributed by atoms with Crippen LogP contribution in [0.25, 0.3) is 10.9 Å². The molecule has 12 nitrogen and oxygen atoms in total. The number of para-hydroxylation sites is 1. The molecule has 4 amide bonds. The van der Waals surface area contributed by atoms with E-state index in [4.69, 9.17) is 9.47 Å². The van der Waals surface area contributed by atoms with Crippen molar-refractivity contribution in [1.29, 1.82) is 0 Å². The molecule has 7 rings (SSSR count). The molecule has 0 saturated carbocycles. The topological polar surface area (TPSA) is 128 Å². The van der Waals surface area contributed by atoms with E-state index in [0.29, 0.717) is 51.6 Å². The highest BCUT2D eigenvalue weighted by molar-refractivity contribution is 5.91. The number of urea groups is 1. The maximum absolute atomic E-state index is 14.3. The van der Waals surface area contributed by atoms with Crippen LogP contribution in [-0.4, -0.2) is 120 Å². The first-order valence-corrected chi connectivity index (χ1v) is 18.1. The number of amides is 4. The summed E-state index contributed by atoms with van der Waals surface area (Å²) in [4.78, 5) is 64.1. The Morgan fingerprint density at radius 3 is 2.36 bits per heavy atom. The first kappa shape index (κ1) is 34.0. The van der Waals surface area contributed by atoms with E-state index in [1.807, 2.05) is 60.0 Å². The molecule has 1 unspecified atom stereocenters. The molecule has 3 saturated heterocycles. The van der Waals surface area contributed by atoms with E-state index < -0.39 is 18.1 Å². The molecule has 12 heteroatoms. The van der Waals surface area contributed by atoms with Gasteiger partial charge in [-0.2, -0.15) is 0 Å². The molecule has 2 N–H and O–H groups in total. The van der Waals surface area contributed by atoms with Crippen LogP contribution in [0.15, 0.2) is 53.3 Å². The third kappa shape index (κ3) is 7.22. The third-order valence-electron chi connectivity index (χ3n) is 11.1. The average Bonchev–Trinajstić information content (AvgIpc) is 3.32. The fraction of sp³-hybridized carbons (Fsp3) is 0.526. The molecule has 1 aromatic heterocycles. The minimum absolute atomic E-state index is 0.00348. The molecule has 5 heterocycles. The molecule has 0 radical (unpaired) electrons. The summed E-state index contributed by atoms with van der Waals surface area (Å²) >= 11 is 0. The number of piperazine rings is 1. The molecule has 0 bridgehead atoms. The Morgan fingerprint density at radius 2 is 1.60 bits per heavy atom. The number of aromatic nitrogens is 1. The maximum atomic E-state index is 14.3. The van der Waals surface area contributed by atoms with Gasteiger partial charge in [0.1, 0.15) is 0 Å². The van der Waals surface area contributed by atoms with Crippen LogP contribution in [0.3, 0.4) is 0 Å². The molecule has 4 aliphatic heterocycles. The highest BCUT2D eigenvalue weighted by Crippen LogP contribution is 2.30. The zero-order valence-electron chi connectivity index (χ0n) is 29.1. The lowest BCUT2D eigenvalue weighted by Crippen LogP contribution is -2.56. The Balaban J connectivity index is 1.05. The number of nitrogens with one attached hydrogen (secondary N) is 2. The minimum Gasteiger partial charge on any atom is -0.435 e. The largest absolute Gasteiger partial charge is 0.435 e. The number of piperidine rings is 1. The minimum atomic E-state index is -1.02. The maximum Gasteiger partial charge on any atom is 0.410 e. The van der Waals surface area contributed by atoms with Crippen LogP contribution in [0.2, 0.25) is 0 Å². The van der Waals surface area contributed by atoms with Crippen molar-refractivity contribution in [2.45, 2.75) is 70.1 Å². The molecular formula is C38H48N6O6. The molecule has 3 aromatic rings. The van der Waals surface area contributed by atoms with Crippen molar-refractivity contribution in [3.05, 3.63) is 75.6 Å². The number of aromatic amines is 1. The second-order valence-corrected chi connectivity index (χ2v) is 14.2. The highest BCUT2D eigenvalue weighted by atomic mass is 16.6. The summed E-state index contributed by atoms with van der Waals surface area (Å²) in [6.45, 7) is 9.58. The first-order chi connectivity index (χ1) is 24.2. The number of carbonyl (C=O) groups is 3. The number of aryl methyl sites for hydroxylation is 1. The number of H-pyrrole nitrogens is 1. The van der Waals surface area contributed by atoms with Crippen molar-refractivity contribution in [2.24, 2.45) is 0 Å². The molecule has 2 atom stereocenters. The zero-order valence-corrected chi connectivity index (χ0v) is 29.1. The Bertz CT molecular complexity index is 1770. The van der Waals surface area contributed by atoms with Gasteiger partial charge in [0.05, 0.1) is 5.52 Å². The lowest BCUT2D eigenvalue weighted by Gasteiger charge is -2.42. The highest BCUT2D eigenvalue weighted by Gasteiger charge is 2.39. The number of nitrogens with zero attached hydrogens (tertiary/aromatic N) is 4. The average molecular weight is 685 g/mol. The van der Waals surface area contributed by atoms with Gasteiger partial charge in [-0.3, -0.25) is 14.5 Å². The van der Waals surface area contributed by atoms with Crippen LogP contribution in [0, 0.1) is 6.92 Å². The van der Waals surface area contributed by atoms with Gasteiger partial charge in [0.2, 0.25) is 5.56 Å². The van der Waals surface area contributed by atoms with Crippen LogP contribution in [0.4, 0.5) is 15.3 Å². The summed E-state index contributed by atoms with van der Waals surface area (Å²) in [5, 5.41) is 3.91. The Hall–Kier alpha value is -4.42. The van der Waals surface area contributed by atoms with Gasteiger partial charge in [0.15, 0.2) is 6.10 Å². The predicted octanol–water partition coefficient (Wildman–Crippen LogP) is 4.32. The van der Waals surface area contributed by atoms with Crippen LogP contribution < -0.4 is 10.9 Å².